The molecule has 2 aromatic carbocycles. The van der Waals surface area contributed by atoms with Crippen LogP contribution in [0, 0.1) is 0 Å². The monoisotopic (exact) mass is 512 g/mol. The normalized spacial score (nSPS) is 20.6. The Morgan fingerprint density at radius 1 is 1.11 bits per heavy atom. The van der Waals surface area contributed by atoms with Crippen molar-refractivity contribution in [1.82, 2.24) is 9.21 Å². The fraction of sp³-hybridized carbons (Fsp3) is 0.481. The lowest BCUT2D eigenvalue weighted by molar-refractivity contribution is -0.130. The quantitative estimate of drug-likeness (QED) is 0.445. The molecule has 1 atom stereocenters. The van der Waals surface area contributed by atoms with Crippen LogP contribution in [0.15, 0.2) is 41.0 Å². The summed E-state index contributed by atoms with van der Waals surface area (Å²) in [5.41, 5.74) is 1.60. The number of Topliss-reactive ketones (excluding diaryl/α,β-unsaturated/α-hetero) is 2. The zero-order valence-electron chi connectivity index (χ0n) is 20.7. The summed E-state index contributed by atoms with van der Waals surface area (Å²) < 4.78 is 36.8. The number of rotatable bonds is 7. The molecule has 192 valence electrons. The van der Waals surface area contributed by atoms with Crippen molar-refractivity contribution < 1.29 is 27.2 Å². The van der Waals surface area contributed by atoms with Crippen LogP contribution in [-0.2, 0) is 19.6 Å². The molecule has 1 aliphatic heterocycles. The molecule has 0 spiro atoms. The molecule has 1 saturated heterocycles. The largest absolute Gasteiger partial charge is 0.492 e. The molecular weight excluding hydrogens is 480 g/mol. The predicted octanol–water partition coefficient (Wildman–Crippen LogP) is 3.73. The first-order valence-electron chi connectivity index (χ1n) is 12.5. The molecule has 2 fully saturated rings. The molecule has 9 heteroatoms. The van der Waals surface area contributed by atoms with Gasteiger partial charge in [0.2, 0.25) is 10.0 Å². The third-order valence-electron chi connectivity index (χ3n) is 7.63. The maximum atomic E-state index is 12.6. The van der Waals surface area contributed by atoms with Crippen molar-refractivity contribution in [3.05, 3.63) is 42.2 Å². The van der Waals surface area contributed by atoms with Gasteiger partial charge in [0.1, 0.15) is 29.5 Å². The van der Waals surface area contributed by atoms with Gasteiger partial charge in [0.25, 0.3) is 0 Å². The molecule has 1 aromatic heterocycles. The van der Waals surface area contributed by atoms with Crippen LogP contribution in [-0.4, -0.2) is 74.8 Å². The van der Waals surface area contributed by atoms with E-state index in [0.29, 0.717) is 38.6 Å². The Hall–Kier alpha value is -2.75. The van der Waals surface area contributed by atoms with Crippen molar-refractivity contribution in [3.63, 3.8) is 0 Å². The van der Waals surface area contributed by atoms with Gasteiger partial charge in [-0.1, -0.05) is 6.07 Å². The lowest BCUT2D eigenvalue weighted by atomic mass is 9.81. The number of carbonyl (C=O) groups excluding carboxylic acids is 2. The van der Waals surface area contributed by atoms with Crippen molar-refractivity contribution in [2.45, 2.75) is 44.1 Å². The number of ketones is 2. The maximum absolute atomic E-state index is 12.6. The summed E-state index contributed by atoms with van der Waals surface area (Å²) in [5.74, 6) is 0.453. The summed E-state index contributed by atoms with van der Waals surface area (Å²) in [7, 11) is -1.06. The first-order valence-corrected chi connectivity index (χ1v) is 14.3. The number of carbonyl (C=O) groups is 2. The lowest BCUT2D eigenvalue weighted by Crippen LogP contribution is -2.46. The van der Waals surface area contributed by atoms with E-state index in [1.807, 2.05) is 30.3 Å². The summed E-state index contributed by atoms with van der Waals surface area (Å²) in [5, 5.41) is 2.94. The molecular formula is C27H32N2O6S. The number of hydrogen-bond donors (Lipinski definition) is 0. The van der Waals surface area contributed by atoms with Crippen molar-refractivity contribution in [3.8, 4) is 5.75 Å². The summed E-state index contributed by atoms with van der Waals surface area (Å²) >= 11 is 0. The molecule has 1 unspecified atom stereocenters. The minimum atomic E-state index is -3.12. The number of piperidine rings is 1. The highest BCUT2D eigenvalue weighted by molar-refractivity contribution is 7.88. The van der Waals surface area contributed by atoms with Gasteiger partial charge in [-0.25, -0.2) is 12.7 Å². The van der Waals surface area contributed by atoms with E-state index in [4.69, 9.17) is 9.15 Å². The Morgan fingerprint density at radius 3 is 2.61 bits per heavy atom. The third-order valence-corrected chi connectivity index (χ3v) is 8.93. The van der Waals surface area contributed by atoms with Gasteiger partial charge in [-0.05, 0) is 61.3 Å². The van der Waals surface area contributed by atoms with Gasteiger partial charge in [-0.3, -0.25) is 14.5 Å². The van der Waals surface area contributed by atoms with E-state index in [9.17, 15) is 18.0 Å². The van der Waals surface area contributed by atoms with Crippen molar-refractivity contribution in [1.29, 1.82) is 0 Å². The lowest BCUT2D eigenvalue weighted by Gasteiger charge is -2.35. The summed E-state index contributed by atoms with van der Waals surface area (Å²) in [4.78, 5) is 26.5. The molecule has 5 rings (SSSR count). The molecule has 0 radical (unpaired) electrons. The highest BCUT2D eigenvalue weighted by Crippen LogP contribution is 2.39. The van der Waals surface area contributed by atoms with Crippen LogP contribution < -0.4 is 4.74 Å². The number of benzene rings is 2. The third kappa shape index (κ3) is 5.05. The molecule has 0 amide bonds. The van der Waals surface area contributed by atoms with E-state index < -0.39 is 10.0 Å². The second-order valence-electron chi connectivity index (χ2n) is 10.0. The molecule has 0 N–H and O–H groups in total. The average Bonchev–Trinajstić information content (AvgIpc) is 3.28. The smallest absolute Gasteiger partial charge is 0.211 e. The molecule has 0 bridgehead atoms. The minimum Gasteiger partial charge on any atom is -0.492 e. The van der Waals surface area contributed by atoms with E-state index in [0.717, 1.165) is 52.4 Å². The number of nitrogens with zero attached hydrogens (tertiary/aromatic N) is 2. The van der Waals surface area contributed by atoms with Gasteiger partial charge >= 0.3 is 0 Å². The van der Waals surface area contributed by atoms with Gasteiger partial charge in [0, 0.05) is 49.0 Å². The van der Waals surface area contributed by atoms with Crippen LogP contribution in [0.25, 0.3) is 21.7 Å². The molecule has 3 aromatic rings. The van der Waals surface area contributed by atoms with Crippen molar-refractivity contribution in [2.75, 3.05) is 39.5 Å². The first kappa shape index (κ1) is 24.9. The van der Waals surface area contributed by atoms with Crippen LogP contribution in [0.4, 0.5) is 0 Å². The number of hydrogen-bond acceptors (Lipinski definition) is 7. The Kier molecular flexibility index (Phi) is 6.89. The Balaban J connectivity index is 1.25. The Morgan fingerprint density at radius 2 is 1.89 bits per heavy atom. The number of ether oxygens (including phenoxy) is 1. The summed E-state index contributed by atoms with van der Waals surface area (Å²) in [6.07, 6.45) is 5.54. The van der Waals surface area contributed by atoms with Gasteiger partial charge in [0.15, 0.2) is 0 Å². The van der Waals surface area contributed by atoms with Gasteiger partial charge in [0.05, 0.1) is 18.9 Å². The molecule has 8 nitrogen and oxygen atoms in total. The van der Waals surface area contributed by atoms with Crippen LogP contribution in [0.3, 0.4) is 0 Å². The molecule has 36 heavy (non-hydrogen) atoms. The SMILES string of the molecule is CN(CCOc1ccc2c(ccc3occ(C4CCC(=O)CC4=O)c32)c1)C1CCN(S(C)(=O)=O)CC1. The number of sulfonamides is 1. The maximum Gasteiger partial charge on any atom is 0.211 e. The van der Waals surface area contributed by atoms with Gasteiger partial charge in [-0.2, -0.15) is 0 Å². The van der Waals surface area contributed by atoms with E-state index >= 15 is 0 Å². The van der Waals surface area contributed by atoms with Crippen molar-refractivity contribution >= 4 is 43.3 Å². The van der Waals surface area contributed by atoms with E-state index in [2.05, 4.69) is 11.9 Å². The zero-order valence-corrected chi connectivity index (χ0v) is 21.6. The van der Waals surface area contributed by atoms with Crippen LogP contribution in [0.1, 0.15) is 43.6 Å². The first-order chi connectivity index (χ1) is 17.2. The fourth-order valence-corrected chi connectivity index (χ4v) is 6.40. The summed E-state index contributed by atoms with van der Waals surface area (Å²) in [6, 6.07) is 10.2. The highest BCUT2D eigenvalue weighted by atomic mass is 32.2. The van der Waals surface area contributed by atoms with Crippen molar-refractivity contribution in [2.24, 2.45) is 0 Å². The highest BCUT2D eigenvalue weighted by Gasteiger charge is 2.31. The molecule has 2 heterocycles. The minimum absolute atomic E-state index is 0.00532. The molecule has 1 aliphatic carbocycles. The topological polar surface area (TPSA) is 97.1 Å². The fourth-order valence-electron chi connectivity index (χ4n) is 5.52. The van der Waals surface area contributed by atoms with Crippen LogP contribution >= 0.6 is 0 Å². The predicted molar refractivity (Wildman–Crippen MR) is 138 cm³/mol. The van der Waals surface area contributed by atoms with Crippen LogP contribution in [0.2, 0.25) is 0 Å². The number of furan rings is 1. The molecule has 1 saturated carbocycles. The second kappa shape index (κ2) is 9.95. The van der Waals surface area contributed by atoms with E-state index in [1.54, 1.807) is 10.6 Å². The second-order valence-corrected chi connectivity index (χ2v) is 12.0. The van der Waals surface area contributed by atoms with Crippen LogP contribution in [0.5, 0.6) is 5.75 Å². The molecule has 2 aliphatic rings. The zero-order chi connectivity index (χ0) is 25.4. The number of likely N-dealkylation sites (N-methyl/N-ethyl adjacent to an activating group) is 1. The number of fused-ring (bicyclic) bond motifs is 3. The van der Waals surface area contributed by atoms with E-state index in [-0.39, 0.29) is 23.9 Å². The standard InChI is InChI=1S/C27H32N2O6S/c1-28(19-9-11-29(12-10-19)36(2,32)33)13-14-34-21-5-7-22-18(15-21)3-8-26-27(22)24(17-35-26)23-6-4-20(30)16-25(23)31/h3,5,7-8,15,17,19,23H,4,6,9-14,16H2,1-2H3. The average molecular weight is 513 g/mol. The Bertz CT molecular complexity index is 1400. The summed E-state index contributed by atoms with van der Waals surface area (Å²) in [6.45, 7) is 2.40. The Labute approximate surface area is 211 Å². The van der Waals surface area contributed by atoms with E-state index in [1.165, 1.54) is 6.26 Å². The van der Waals surface area contributed by atoms with Gasteiger partial charge < -0.3 is 9.15 Å². The van der Waals surface area contributed by atoms with Gasteiger partial charge in [-0.15, -0.1) is 0 Å².